The zero-order valence-electron chi connectivity index (χ0n) is 9.62. The van der Waals surface area contributed by atoms with Gasteiger partial charge in [-0.2, -0.15) is 4.98 Å². The zero-order chi connectivity index (χ0) is 13.2. The van der Waals surface area contributed by atoms with Crippen LogP contribution >= 0.6 is 11.6 Å². The van der Waals surface area contributed by atoms with Crippen LogP contribution in [0.25, 0.3) is 23.0 Å². The van der Waals surface area contributed by atoms with E-state index >= 15 is 0 Å². The van der Waals surface area contributed by atoms with Gasteiger partial charge >= 0.3 is 0 Å². The van der Waals surface area contributed by atoms with Crippen LogP contribution < -0.4 is 5.73 Å². The molecule has 0 aliphatic heterocycles. The molecule has 0 unspecified atom stereocenters. The normalized spacial score (nSPS) is 10.6. The highest BCUT2D eigenvalue weighted by Gasteiger charge is 2.14. The van der Waals surface area contributed by atoms with E-state index in [-0.39, 0.29) is 0 Å². The molecule has 0 aliphatic carbocycles. The van der Waals surface area contributed by atoms with E-state index in [1.54, 1.807) is 30.6 Å². The predicted molar refractivity (Wildman–Crippen MR) is 70.2 cm³/mol. The molecule has 0 atom stereocenters. The van der Waals surface area contributed by atoms with E-state index in [0.29, 0.717) is 33.7 Å². The van der Waals surface area contributed by atoms with Crippen molar-refractivity contribution in [1.82, 2.24) is 20.1 Å². The van der Waals surface area contributed by atoms with Crippen molar-refractivity contribution in [3.05, 3.63) is 41.8 Å². The van der Waals surface area contributed by atoms with Crippen LogP contribution in [0.2, 0.25) is 5.02 Å². The Kier molecular flexibility index (Phi) is 2.85. The topological polar surface area (TPSA) is 90.7 Å². The van der Waals surface area contributed by atoms with E-state index in [0.717, 1.165) is 0 Å². The van der Waals surface area contributed by atoms with Crippen molar-refractivity contribution in [2.24, 2.45) is 0 Å². The third-order valence-electron chi connectivity index (χ3n) is 2.40. The van der Waals surface area contributed by atoms with Gasteiger partial charge in [0.2, 0.25) is 5.82 Å². The van der Waals surface area contributed by atoms with Gasteiger partial charge in [0.15, 0.2) is 0 Å². The first-order valence-electron chi connectivity index (χ1n) is 5.39. The summed E-state index contributed by atoms with van der Waals surface area (Å²) in [5.74, 6) is 0.638. The van der Waals surface area contributed by atoms with Crippen LogP contribution in [-0.4, -0.2) is 20.1 Å². The molecule has 3 rings (SSSR count). The number of hydrogen-bond donors (Lipinski definition) is 1. The van der Waals surface area contributed by atoms with Gasteiger partial charge < -0.3 is 10.3 Å². The van der Waals surface area contributed by atoms with E-state index in [1.165, 1.54) is 6.20 Å². The van der Waals surface area contributed by atoms with Crippen LogP contribution in [0.15, 0.2) is 41.3 Å². The number of aromatic nitrogens is 4. The fourth-order valence-corrected chi connectivity index (χ4v) is 1.77. The number of halogens is 1. The lowest BCUT2D eigenvalue weighted by molar-refractivity contribution is 0.432. The van der Waals surface area contributed by atoms with Crippen LogP contribution in [0.3, 0.4) is 0 Å². The van der Waals surface area contributed by atoms with Gasteiger partial charge in [-0.15, -0.1) is 0 Å². The van der Waals surface area contributed by atoms with Crippen molar-refractivity contribution in [1.29, 1.82) is 0 Å². The maximum absolute atomic E-state index is 6.02. The zero-order valence-corrected chi connectivity index (χ0v) is 10.4. The monoisotopic (exact) mass is 273 g/mol. The molecule has 0 saturated heterocycles. The van der Waals surface area contributed by atoms with Crippen LogP contribution in [0.5, 0.6) is 0 Å². The maximum atomic E-state index is 6.02. The van der Waals surface area contributed by atoms with Crippen LogP contribution in [0, 0.1) is 0 Å². The van der Waals surface area contributed by atoms with Gasteiger partial charge in [0.25, 0.3) is 5.89 Å². The highest BCUT2D eigenvalue weighted by molar-refractivity contribution is 6.32. The summed E-state index contributed by atoms with van der Waals surface area (Å²) in [4.78, 5) is 12.3. The van der Waals surface area contributed by atoms with Crippen molar-refractivity contribution >= 4 is 17.3 Å². The molecule has 19 heavy (non-hydrogen) atoms. The van der Waals surface area contributed by atoms with Crippen LogP contribution in [0.4, 0.5) is 5.69 Å². The van der Waals surface area contributed by atoms with Crippen molar-refractivity contribution in [2.45, 2.75) is 0 Å². The Bertz CT molecular complexity index is 727. The first kappa shape index (κ1) is 11.6. The second kappa shape index (κ2) is 4.66. The highest BCUT2D eigenvalue weighted by Crippen LogP contribution is 2.25. The van der Waals surface area contributed by atoms with Gasteiger partial charge in [-0.25, -0.2) is 0 Å². The Morgan fingerprint density at radius 3 is 2.95 bits per heavy atom. The summed E-state index contributed by atoms with van der Waals surface area (Å²) in [6.45, 7) is 0. The molecule has 0 saturated carbocycles. The third-order valence-corrected chi connectivity index (χ3v) is 2.71. The molecule has 0 aliphatic rings. The third kappa shape index (κ3) is 2.25. The first-order valence-corrected chi connectivity index (χ1v) is 5.77. The van der Waals surface area contributed by atoms with E-state index in [2.05, 4.69) is 20.1 Å². The first-order chi connectivity index (χ1) is 9.24. The quantitative estimate of drug-likeness (QED) is 0.771. The van der Waals surface area contributed by atoms with Crippen molar-refractivity contribution in [3.8, 4) is 23.0 Å². The lowest BCUT2D eigenvalue weighted by Crippen LogP contribution is -1.88. The molecule has 2 N–H and O–H groups in total. The van der Waals surface area contributed by atoms with E-state index < -0.39 is 0 Å². The molecule has 0 radical (unpaired) electrons. The predicted octanol–water partition coefficient (Wildman–Crippen LogP) is 2.43. The summed E-state index contributed by atoms with van der Waals surface area (Å²) in [6.07, 6.45) is 4.74. The smallest absolute Gasteiger partial charge is 0.259 e. The fourth-order valence-electron chi connectivity index (χ4n) is 1.56. The van der Waals surface area contributed by atoms with E-state index in [9.17, 15) is 0 Å². The highest BCUT2D eigenvalue weighted by atomic mass is 35.5. The van der Waals surface area contributed by atoms with Gasteiger partial charge in [-0.3, -0.25) is 9.97 Å². The van der Waals surface area contributed by atoms with Gasteiger partial charge in [0.1, 0.15) is 5.69 Å². The Hall–Kier alpha value is -2.47. The fraction of sp³-hybridized carbons (Fsp3) is 0. The Labute approximate surface area is 113 Å². The number of anilines is 1. The number of hydrogen-bond acceptors (Lipinski definition) is 6. The van der Waals surface area contributed by atoms with E-state index in [4.69, 9.17) is 21.9 Å². The summed E-state index contributed by atoms with van der Waals surface area (Å²) in [5, 5.41) is 4.31. The second-order valence-corrected chi connectivity index (χ2v) is 4.17. The molecule has 0 aromatic carbocycles. The number of rotatable bonds is 2. The Morgan fingerprint density at radius 2 is 2.16 bits per heavy atom. The number of nitrogens with zero attached hydrogens (tertiary/aromatic N) is 4. The average molecular weight is 274 g/mol. The van der Waals surface area contributed by atoms with Crippen molar-refractivity contribution in [2.75, 3.05) is 5.73 Å². The minimum absolute atomic E-state index is 0.316. The Morgan fingerprint density at radius 1 is 1.26 bits per heavy atom. The number of nitrogens with two attached hydrogens (primary N) is 1. The maximum Gasteiger partial charge on any atom is 0.259 e. The molecule has 3 aromatic rings. The average Bonchev–Trinajstić information content (AvgIpc) is 2.89. The number of nitrogen functional groups attached to an aromatic ring is 1. The minimum atomic E-state index is 0.316. The minimum Gasteiger partial charge on any atom is -0.397 e. The van der Waals surface area contributed by atoms with Gasteiger partial charge in [-0.05, 0) is 18.2 Å². The van der Waals surface area contributed by atoms with E-state index in [1.807, 2.05) is 0 Å². The molecule has 0 amide bonds. The molecule has 3 aromatic heterocycles. The molecule has 0 fully saturated rings. The van der Waals surface area contributed by atoms with Crippen LogP contribution in [0.1, 0.15) is 0 Å². The van der Waals surface area contributed by atoms with Crippen molar-refractivity contribution < 1.29 is 4.52 Å². The molecular formula is C12H8ClN5O. The molecular weight excluding hydrogens is 266 g/mol. The van der Waals surface area contributed by atoms with Gasteiger partial charge in [0, 0.05) is 18.6 Å². The molecule has 0 spiro atoms. The Balaban J connectivity index is 2.03. The largest absolute Gasteiger partial charge is 0.397 e. The van der Waals surface area contributed by atoms with Gasteiger partial charge in [-0.1, -0.05) is 16.8 Å². The SMILES string of the molecule is Nc1cncc(-c2nc(-c3ncccc3Cl)no2)c1. The summed E-state index contributed by atoms with van der Waals surface area (Å²) >= 11 is 6.02. The standard InChI is InChI=1S/C12H8ClN5O/c13-9-2-1-3-16-10(9)11-17-12(19-18-11)7-4-8(14)6-15-5-7/h1-6H,14H2. The van der Waals surface area contributed by atoms with Crippen LogP contribution in [-0.2, 0) is 0 Å². The molecule has 3 heterocycles. The van der Waals surface area contributed by atoms with Gasteiger partial charge in [0.05, 0.1) is 16.3 Å². The summed E-state index contributed by atoms with van der Waals surface area (Å²) < 4.78 is 5.16. The lowest BCUT2D eigenvalue weighted by atomic mass is 10.2. The summed E-state index contributed by atoms with van der Waals surface area (Å²) in [7, 11) is 0. The lowest BCUT2D eigenvalue weighted by Gasteiger charge is -1.95. The summed E-state index contributed by atoms with van der Waals surface area (Å²) in [6, 6.07) is 5.14. The molecule has 94 valence electrons. The van der Waals surface area contributed by atoms with Crippen molar-refractivity contribution in [3.63, 3.8) is 0 Å². The second-order valence-electron chi connectivity index (χ2n) is 3.76. The molecule has 0 bridgehead atoms. The molecule has 7 heteroatoms. The number of pyridine rings is 2. The molecule has 6 nitrogen and oxygen atoms in total. The summed E-state index contributed by atoms with van der Waals surface area (Å²) in [5.41, 5.74) is 7.29.